The third-order valence-corrected chi connectivity index (χ3v) is 3.66. The summed E-state index contributed by atoms with van der Waals surface area (Å²) in [7, 11) is 0. The van der Waals surface area contributed by atoms with Crippen molar-refractivity contribution in [1.29, 1.82) is 0 Å². The number of benzene rings is 1. The van der Waals surface area contributed by atoms with Gasteiger partial charge in [0.05, 0.1) is 5.69 Å². The first-order valence-corrected chi connectivity index (χ1v) is 7.82. The lowest BCUT2D eigenvalue weighted by atomic mass is 10.1. The molecule has 0 aliphatic rings. The van der Waals surface area contributed by atoms with Crippen LogP contribution in [0.2, 0.25) is 0 Å². The largest absolute Gasteiger partial charge is 0.370 e. The lowest BCUT2D eigenvalue weighted by molar-refractivity contribution is 0.833. The second-order valence-corrected chi connectivity index (χ2v) is 5.66. The quantitative estimate of drug-likeness (QED) is 0.868. The molecule has 3 nitrogen and oxygen atoms in total. The van der Waals surface area contributed by atoms with Crippen molar-refractivity contribution in [2.24, 2.45) is 0 Å². The summed E-state index contributed by atoms with van der Waals surface area (Å²) in [5, 5.41) is 3.34. The Bertz CT molecular complexity index is 579. The summed E-state index contributed by atoms with van der Waals surface area (Å²) in [6.45, 7) is 7.17. The van der Waals surface area contributed by atoms with Crippen LogP contribution in [0.3, 0.4) is 0 Å². The molecule has 0 saturated carbocycles. The highest BCUT2D eigenvalue weighted by Crippen LogP contribution is 2.27. The number of aryl methyl sites for hydroxylation is 1. The molecule has 0 aliphatic heterocycles. The molecule has 1 aromatic heterocycles. The van der Waals surface area contributed by atoms with Crippen LogP contribution in [0.15, 0.2) is 28.7 Å². The van der Waals surface area contributed by atoms with E-state index in [0.717, 1.165) is 52.3 Å². The standard InChI is InChI=1S/C16H20BrN3/c1-4-6-14-19-15(11(3)16(20-14)18-5-2)12-7-9-13(17)10-8-12/h7-10H,4-6H2,1-3H3,(H,18,19,20). The number of rotatable bonds is 5. The molecule has 0 atom stereocenters. The van der Waals surface area contributed by atoms with E-state index in [2.05, 4.69) is 59.1 Å². The Hall–Kier alpha value is -1.42. The molecule has 106 valence electrons. The van der Waals surface area contributed by atoms with Crippen LogP contribution in [0.4, 0.5) is 5.82 Å². The van der Waals surface area contributed by atoms with Gasteiger partial charge in [0.25, 0.3) is 0 Å². The lowest BCUT2D eigenvalue weighted by Crippen LogP contribution is -2.08. The molecule has 0 fully saturated rings. The van der Waals surface area contributed by atoms with Crippen molar-refractivity contribution in [3.63, 3.8) is 0 Å². The van der Waals surface area contributed by atoms with Gasteiger partial charge in [-0.1, -0.05) is 35.0 Å². The molecule has 1 aromatic carbocycles. The van der Waals surface area contributed by atoms with Crippen molar-refractivity contribution in [1.82, 2.24) is 9.97 Å². The molecule has 0 bridgehead atoms. The highest BCUT2D eigenvalue weighted by Gasteiger charge is 2.11. The Balaban J connectivity index is 2.52. The topological polar surface area (TPSA) is 37.8 Å². The van der Waals surface area contributed by atoms with E-state index in [1.807, 2.05) is 12.1 Å². The third kappa shape index (κ3) is 3.37. The second kappa shape index (κ2) is 6.84. The average Bonchev–Trinajstić information content (AvgIpc) is 2.44. The number of anilines is 1. The first-order chi connectivity index (χ1) is 9.65. The minimum Gasteiger partial charge on any atom is -0.370 e. The zero-order valence-electron chi connectivity index (χ0n) is 12.2. The molecule has 20 heavy (non-hydrogen) atoms. The van der Waals surface area contributed by atoms with E-state index in [4.69, 9.17) is 4.98 Å². The SMILES string of the molecule is CCCc1nc(NCC)c(C)c(-c2ccc(Br)cc2)n1. The van der Waals surface area contributed by atoms with Crippen molar-refractivity contribution >= 4 is 21.7 Å². The Kier molecular flexibility index (Phi) is 5.12. The smallest absolute Gasteiger partial charge is 0.133 e. The fourth-order valence-electron chi connectivity index (χ4n) is 2.13. The number of nitrogens with one attached hydrogen (secondary N) is 1. The first kappa shape index (κ1) is 15.0. The molecule has 1 heterocycles. The molecule has 2 aromatic rings. The Morgan fingerprint density at radius 2 is 1.80 bits per heavy atom. The normalized spacial score (nSPS) is 10.6. The van der Waals surface area contributed by atoms with Crippen LogP contribution >= 0.6 is 15.9 Å². The van der Waals surface area contributed by atoms with Gasteiger partial charge in [0, 0.05) is 28.6 Å². The van der Waals surface area contributed by atoms with Crippen LogP contribution in [0.5, 0.6) is 0 Å². The molecule has 0 radical (unpaired) electrons. The second-order valence-electron chi connectivity index (χ2n) is 4.75. The summed E-state index contributed by atoms with van der Waals surface area (Å²) < 4.78 is 1.08. The van der Waals surface area contributed by atoms with Crippen molar-refractivity contribution < 1.29 is 0 Å². The zero-order valence-corrected chi connectivity index (χ0v) is 13.8. The predicted octanol–water partition coefficient (Wildman–Crippen LogP) is 4.60. The van der Waals surface area contributed by atoms with Crippen molar-refractivity contribution in [2.75, 3.05) is 11.9 Å². The number of halogens is 1. The monoisotopic (exact) mass is 333 g/mol. The van der Waals surface area contributed by atoms with Gasteiger partial charge in [0.2, 0.25) is 0 Å². The molecule has 4 heteroatoms. The number of aromatic nitrogens is 2. The van der Waals surface area contributed by atoms with Gasteiger partial charge in [-0.15, -0.1) is 0 Å². The van der Waals surface area contributed by atoms with Crippen LogP contribution < -0.4 is 5.32 Å². The van der Waals surface area contributed by atoms with Gasteiger partial charge in [0.15, 0.2) is 0 Å². The van der Waals surface area contributed by atoms with Gasteiger partial charge in [-0.25, -0.2) is 9.97 Å². The Morgan fingerprint density at radius 3 is 2.40 bits per heavy atom. The van der Waals surface area contributed by atoms with E-state index < -0.39 is 0 Å². The number of hydrogen-bond donors (Lipinski definition) is 1. The highest BCUT2D eigenvalue weighted by atomic mass is 79.9. The molecule has 2 rings (SSSR count). The van der Waals surface area contributed by atoms with Crippen LogP contribution in [0.1, 0.15) is 31.7 Å². The minimum atomic E-state index is 0.864. The summed E-state index contributed by atoms with van der Waals surface area (Å²) in [6.07, 6.45) is 1.95. The van der Waals surface area contributed by atoms with Gasteiger partial charge >= 0.3 is 0 Å². The summed E-state index contributed by atoms with van der Waals surface area (Å²) in [6, 6.07) is 8.27. The van der Waals surface area contributed by atoms with Crippen molar-refractivity contribution in [3.8, 4) is 11.3 Å². The fourth-order valence-corrected chi connectivity index (χ4v) is 2.39. The molecule has 0 amide bonds. The molecular formula is C16H20BrN3. The molecule has 0 saturated heterocycles. The summed E-state index contributed by atoms with van der Waals surface area (Å²) in [5.74, 6) is 1.86. The van der Waals surface area contributed by atoms with Gasteiger partial charge < -0.3 is 5.32 Å². The fraction of sp³-hybridized carbons (Fsp3) is 0.375. The molecule has 0 aliphatic carbocycles. The maximum Gasteiger partial charge on any atom is 0.133 e. The van der Waals surface area contributed by atoms with Crippen molar-refractivity contribution in [2.45, 2.75) is 33.6 Å². The predicted molar refractivity (Wildman–Crippen MR) is 88.1 cm³/mol. The molecular weight excluding hydrogens is 314 g/mol. The van der Waals surface area contributed by atoms with E-state index in [1.165, 1.54) is 0 Å². The maximum absolute atomic E-state index is 4.74. The van der Waals surface area contributed by atoms with E-state index in [0.29, 0.717) is 0 Å². The van der Waals surface area contributed by atoms with Crippen LogP contribution in [-0.4, -0.2) is 16.5 Å². The molecule has 0 spiro atoms. The Labute approximate surface area is 129 Å². The first-order valence-electron chi connectivity index (χ1n) is 7.03. The van der Waals surface area contributed by atoms with Crippen LogP contribution in [-0.2, 0) is 6.42 Å². The average molecular weight is 334 g/mol. The van der Waals surface area contributed by atoms with E-state index in [1.54, 1.807) is 0 Å². The Morgan fingerprint density at radius 1 is 1.10 bits per heavy atom. The van der Waals surface area contributed by atoms with Gasteiger partial charge in [-0.05, 0) is 32.4 Å². The highest BCUT2D eigenvalue weighted by molar-refractivity contribution is 9.10. The molecule has 1 N–H and O–H groups in total. The minimum absolute atomic E-state index is 0.864. The number of hydrogen-bond acceptors (Lipinski definition) is 3. The van der Waals surface area contributed by atoms with Gasteiger partial charge in [-0.3, -0.25) is 0 Å². The van der Waals surface area contributed by atoms with Crippen LogP contribution in [0.25, 0.3) is 11.3 Å². The van der Waals surface area contributed by atoms with E-state index in [9.17, 15) is 0 Å². The maximum atomic E-state index is 4.74. The van der Waals surface area contributed by atoms with Crippen LogP contribution in [0, 0.1) is 6.92 Å². The molecule has 0 unspecified atom stereocenters. The zero-order chi connectivity index (χ0) is 14.5. The summed E-state index contributed by atoms with van der Waals surface area (Å²) in [4.78, 5) is 9.36. The van der Waals surface area contributed by atoms with Gasteiger partial charge in [0.1, 0.15) is 11.6 Å². The van der Waals surface area contributed by atoms with Gasteiger partial charge in [-0.2, -0.15) is 0 Å². The number of nitrogens with zero attached hydrogens (tertiary/aromatic N) is 2. The van der Waals surface area contributed by atoms with Crippen molar-refractivity contribution in [3.05, 3.63) is 40.1 Å². The summed E-state index contributed by atoms with van der Waals surface area (Å²) >= 11 is 3.47. The van der Waals surface area contributed by atoms with E-state index in [-0.39, 0.29) is 0 Å². The lowest BCUT2D eigenvalue weighted by Gasteiger charge is -2.13. The van der Waals surface area contributed by atoms with E-state index >= 15 is 0 Å². The third-order valence-electron chi connectivity index (χ3n) is 3.13. The summed E-state index contributed by atoms with van der Waals surface area (Å²) in [5.41, 5.74) is 3.26.